The second kappa shape index (κ2) is 4.09. The van der Waals surface area contributed by atoms with Gasteiger partial charge in [-0.05, 0) is 24.6 Å². The maximum Gasteiger partial charge on any atom is 0.0362 e. The maximum absolute atomic E-state index is 5.41. The number of nitrogens with two attached hydrogens (primary N) is 1. The van der Waals surface area contributed by atoms with Crippen LogP contribution >= 0.6 is 0 Å². The molecular weight excluding hydrogens is 124 g/mol. The number of hydrogen-bond donors (Lipinski definition) is 1. The molecule has 2 N–H and O–H groups in total. The van der Waals surface area contributed by atoms with E-state index in [4.69, 9.17) is 5.73 Å². The van der Waals surface area contributed by atoms with Gasteiger partial charge >= 0.3 is 0 Å². The Hall–Kier alpha value is -0.790. The summed E-state index contributed by atoms with van der Waals surface area (Å²) in [6.45, 7) is 6.18. The van der Waals surface area contributed by atoms with Crippen molar-refractivity contribution in [3.8, 4) is 0 Å². The monoisotopic (exact) mass is 140 g/mol. The molecule has 0 aliphatic heterocycles. The molecule has 0 saturated heterocycles. The molecule has 2 nitrogen and oxygen atoms in total. The number of rotatable bonds is 2. The first-order valence-electron chi connectivity index (χ1n) is 3.49. The summed E-state index contributed by atoms with van der Waals surface area (Å²) < 4.78 is 0. The molecule has 0 spiro atoms. The molecule has 0 fully saturated rings. The Morgan fingerprint density at radius 3 is 2.10 bits per heavy atom. The highest BCUT2D eigenvalue weighted by atomic mass is 14.7. The Bertz CT molecular complexity index is 155. The highest BCUT2D eigenvalue weighted by Crippen LogP contribution is 2.09. The van der Waals surface area contributed by atoms with Crippen molar-refractivity contribution in [1.29, 1.82) is 0 Å². The van der Waals surface area contributed by atoms with Crippen molar-refractivity contribution in [2.75, 3.05) is 7.05 Å². The van der Waals surface area contributed by atoms with Crippen molar-refractivity contribution in [1.82, 2.24) is 0 Å². The van der Waals surface area contributed by atoms with Crippen molar-refractivity contribution < 1.29 is 0 Å². The van der Waals surface area contributed by atoms with E-state index in [-0.39, 0.29) is 0 Å². The number of aliphatic imine (C=N–C) groups is 1. The summed E-state index contributed by atoms with van der Waals surface area (Å²) in [4.78, 5) is 4.05. The topological polar surface area (TPSA) is 38.4 Å². The first kappa shape index (κ1) is 9.21. The zero-order valence-electron chi connectivity index (χ0n) is 7.18. The quantitative estimate of drug-likeness (QED) is 0.581. The van der Waals surface area contributed by atoms with Gasteiger partial charge in [0.2, 0.25) is 0 Å². The van der Waals surface area contributed by atoms with Crippen LogP contribution in [0.5, 0.6) is 0 Å². The highest BCUT2D eigenvalue weighted by molar-refractivity contribution is 5.98. The van der Waals surface area contributed by atoms with Gasteiger partial charge < -0.3 is 5.73 Å². The third-order valence-corrected chi connectivity index (χ3v) is 1.55. The van der Waals surface area contributed by atoms with Gasteiger partial charge in [-0.2, -0.15) is 0 Å². The number of nitrogens with zero attached hydrogens (tertiary/aromatic N) is 1. The second-order valence-corrected chi connectivity index (χ2v) is 2.59. The van der Waals surface area contributed by atoms with E-state index in [1.807, 2.05) is 6.92 Å². The summed E-state index contributed by atoms with van der Waals surface area (Å²) in [6, 6.07) is 0. The van der Waals surface area contributed by atoms with E-state index in [1.165, 1.54) is 0 Å². The van der Waals surface area contributed by atoms with E-state index in [0.29, 0.717) is 5.92 Å². The molecule has 0 heterocycles. The van der Waals surface area contributed by atoms with Crippen molar-refractivity contribution in [3.63, 3.8) is 0 Å². The average Bonchev–Trinajstić information content (AvgIpc) is 1.88. The van der Waals surface area contributed by atoms with E-state index in [2.05, 4.69) is 18.8 Å². The fraction of sp³-hybridized carbons (Fsp3) is 0.625. The van der Waals surface area contributed by atoms with Gasteiger partial charge in [0.05, 0.1) is 0 Å². The van der Waals surface area contributed by atoms with E-state index in [1.54, 1.807) is 13.2 Å². The third kappa shape index (κ3) is 2.21. The van der Waals surface area contributed by atoms with Gasteiger partial charge in [-0.25, -0.2) is 0 Å². The normalized spacial score (nSPS) is 14.5. The van der Waals surface area contributed by atoms with Crippen LogP contribution in [0, 0.1) is 5.92 Å². The summed E-state index contributed by atoms with van der Waals surface area (Å²) >= 11 is 0. The minimum Gasteiger partial charge on any atom is -0.404 e. The standard InChI is InChI=1S/C8H16N2/c1-6(2)8(5-9)7(3)10-4/h5-6H,9H2,1-4H3. The number of hydrogen-bond acceptors (Lipinski definition) is 2. The van der Waals surface area contributed by atoms with Crippen LogP contribution < -0.4 is 5.73 Å². The molecule has 0 amide bonds. The number of allylic oxidation sites excluding steroid dienone is 1. The average molecular weight is 140 g/mol. The lowest BCUT2D eigenvalue weighted by molar-refractivity contribution is 0.798. The first-order chi connectivity index (χ1) is 4.63. The predicted molar refractivity (Wildman–Crippen MR) is 46.1 cm³/mol. The largest absolute Gasteiger partial charge is 0.404 e. The SMILES string of the molecule is CN=C(C)C(=CN)C(C)C. The van der Waals surface area contributed by atoms with Crippen molar-refractivity contribution >= 4 is 5.71 Å². The zero-order valence-corrected chi connectivity index (χ0v) is 7.18. The van der Waals surface area contributed by atoms with Gasteiger partial charge in [0.25, 0.3) is 0 Å². The lowest BCUT2D eigenvalue weighted by atomic mass is 10.0. The molecule has 0 aliphatic carbocycles. The van der Waals surface area contributed by atoms with Crippen LogP contribution in [0.1, 0.15) is 20.8 Å². The molecule has 0 bridgehead atoms. The predicted octanol–water partition coefficient (Wildman–Crippen LogP) is 1.58. The van der Waals surface area contributed by atoms with Gasteiger partial charge in [-0.1, -0.05) is 13.8 Å². The smallest absolute Gasteiger partial charge is 0.0362 e. The minimum atomic E-state index is 0.466. The van der Waals surface area contributed by atoms with Crippen molar-refractivity contribution in [2.24, 2.45) is 16.6 Å². The Morgan fingerprint density at radius 2 is 2.00 bits per heavy atom. The molecule has 0 atom stereocenters. The van der Waals surface area contributed by atoms with Crippen LogP contribution in [0.3, 0.4) is 0 Å². The summed E-state index contributed by atoms with van der Waals surface area (Å²) in [5, 5.41) is 0. The van der Waals surface area contributed by atoms with Crippen molar-refractivity contribution in [2.45, 2.75) is 20.8 Å². The van der Waals surface area contributed by atoms with Gasteiger partial charge in [-0.15, -0.1) is 0 Å². The third-order valence-electron chi connectivity index (χ3n) is 1.55. The lowest BCUT2D eigenvalue weighted by Crippen LogP contribution is -2.06. The van der Waals surface area contributed by atoms with Crippen molar-refractivity contribution in [3.05, 3.63) is 11.8 Å². The lowest BCUT2D eigenvalue weighted by Gasteiger charge is -2.08. The Labute approximate surface area is 62.8 Å². The fourth-order valence-corrected chi connectivity index (χ4v) is 0.860. The summed E-state index contributed by atoms with van der Waals surface area (Å²) in [5.74, 6) is 0.466. The summed E-state index contributed by atoms with van der Waals surface area (Å²) in [7, 11) is 1.78. The van der Waals surface area contributed by atoms with Crippen LogP contribution in [-0.4, -0.2) is 12.8 Å². The summed E-state index contributed by atoms with van der Waals surface area (Å²) in [6.07, 6.45) is 1.63. The maximum atomic E-state index is 5.41. The zero-order chi connectivity index (χ0) is 8.15. The van der Waals surface area contributed by atoms with Crippen LogP contribution in [0.25, 0.3) is 0 Å². The van der Waals surface area contributed by atoms with E-state index >= 15 is 0 Å². The molecule has 0 radical (unpaired) electrons. The van der Waals surface area contributed by atoms with Crippen LogP contribution in [0.2, 0.25) is 0 Å². The minimum absolute atomic E-state index is 0.466. The van der Waals surface area contributed by atoms with E-state index in [9.17, 15) is 0 Å². The molecule has 0 aliphatic rings. The molecule has 10 heavy (non-hydrogen) atoms. The summed E-state index contributed by atoms with van der Waals surface area (Å²) in [5.41, 5.74) is 7.56. The van der Waals surface area contributed by atoms with Crippen LogP contribution in [-0.2, 0) is 0 Å². The van der Waals surface area contributed by atoms with E-state index < -0.39 is 0 Å². The Morgan fingerprint density at radius 1 is 1.50 bits per heavy atom. The van der Waals surface area contributed by atoms with Gasteiger partial charge in [-0.3, -0.25) is 4.99 Å². The Kier molecular flexibility index (Phi) is 3.77. The molecule has 2 heteroatoms. The second-order valence-electron chi connectivity index (χ2n) is 2.59. The molecule has 0 aromatic heterocycles. The fourth-order valence-electron chi connectivity index (χ4n) is 0.860. The highest BCUT2D eigenvalue weighted by Gasteiger charge is 2.03. The van der Waals surface area contributed by atoms with Crippen LogP contribution in [0.4, 0.5) is 0 Å². The Balaban J connectivity index is 4.39. The molecule has 0 aromatic carbocycles. The molecular formula is C8H16N2. The van der Waals surface area contributed by atoms with Gasteiger partial charge in [0.15, 0.2) is 0 Å². The molecule has 0 saturated carbocycles. The molecule has 58 valence electrons. The molecule has 0 unspecified atom stereocenters. The van der Waals surface area contributed by atoms with E-state index in [0.717, 1.165) is 11.3 Å². The van der Waals surface area contributed by atoms with Gasteiger partial charge in [0, 0.05) is 12.8 Å². The molecule has 0 rings (SSSR count). The molecule has 0 aromatic rings. The van der Waals surface area contributed by atoms with Gasteiger partial charge in [0.1, 0.15) is 0 Å². The first-order valence-corrected chi connectivity index (χ1v) is 3.49. The van der Waals surface area contributed by atoms with Crippen LogP contribution in [0.15, 0.2) is 16.8 Å².